The highest BCUT2D eigenvalue weighted by molar-refractivity contribution is 7.98. The molecule has 0 atom stereocenters. The van der Waals surface area contributed by atoms with E-state index in [4.69, 9.17) is 11.6 Å². The third-order valence-corrected chi connectivity index (χ3v) is 6.89. The summed E-state index contributed by atoms with van der Waals surface area (Å²) in [7, 11) is 0. The Morgan fingerprint density at radius 3 is 2.54 bits per heavy atom. The van der Waals surface area contributed by atoms with Crippen molar-refractivity contribution in [3.63, 3.8) is 0 Å². The van der Waals surface area contributed by atoms with E-state index in [1.54, 1.807) is 23.1 Å². The first-order chi connectivity index (χ1) is 12.8. The molecule has 0 saturated carbocycles. The van der Waals surface area contributed by atoms with E-state index in [0.717, 1.165) is 46.4 Å². The number of halogens is 1. The van der Waals surface area contributed by atoms with Crippen molar-refractivity contribution < 1.29 is 0 Å². The lowest BCUT2D eigenvalue weighted by Gasteiger charge is -2.26. The van der Waals surface area contributed by atoms with Crippen molar-refractivity contribution in [1.29, 1.82) is 0 Å². The van der Waals surface area contributed by atoms with Crippen LogP contribution in [-0.4, -0.2) is 32.8 Å². The molecule has 0 N–H and O–H groups in total. The number of nitrogens with zero attached hydrogens (tertiary/aromatic N) is 4. The number of hydrogen-bond acceptors (Lipinski definition) is 5. The van der Waals surface area contributed by atoms with E-state index < -0.39 is 0 Å². The average molecular weight is 405 g/mol. The molecule has 0 bridgehead atoms. The number of aromatic nitrogens is 3. The third-order valence-electron chi connectivity index (χ3n) is 4.50. The highest BCUT2D eigenvalue weighted by Crippen LogP contribution is 2.30. The zero-order valence-corrected chi connectivity index (χ0v) is 16.9. The SMILES string of the molecule is Clc1ccc(CSc2nnc(CN3CCCCC3)n2-c2ccccc2)s1. The van der Waals surface area contributed by atoms with E-state index in [0.29, 0.717) is 0 Å². The van der Waals surface area contributed by atoms with Crippen molar-refractivity contribution >= 4 is 34.7 Å². The first-order valence-corrected chi connectivity index (χ1v) is 11.1. The smallest absolute Gasteiger partial charge is 0.196 e. The molecule has 3 aromatic rings. The first-order valence-electron chi connectivity index (χ1n) is 8.89. The maximum Gasteiger partial charge on any atom is 0.196 e. The number of likely N-dealkylation sites (tertiary alicyclic amines) is 1. The monoisotopic (exact) mass is 404 g/mol. The Morgan fingerprint density at radius 1 is 1.00 bits per heavy atom. The van der Waals surface area contributed by atoms with Gasteiger partial charge in [0.05, 0.1) is 10.9 Å². The van der Waals surface area contributed by atoms with Crippen LogP contribution < -0.4 is 0 Å². The van der Waals surface area contributed by atoms with Crippen molar-refractivity contribution in [1.82, 2.24) is 19.7 Å². The van der Waals surface area contributed by atoms with Crippen molar-refractivity contribution in [3.05, 3.63) is 57.5 Å². The van der Waals surface area contributed by atoms with Gasteiger partial charge in [-0.15, -0.1) is 21.5 Å². The van der Waals surface area contributed by atoms with Crippen LogP contribution >= 0.6 is 34.7 Å². The fourth-order valence-corrected chi connectivity index (χ4v) is 5.32. The molecule has 136 valence electrons. The quantitative estimate of drug-likeness (QED) is 0.525. The van der Waals surface area contributed by atoms with Gasteiger partial charge < -0.3 is 0 Å². The lowest BCUT2D eigenvalue weighted by molar-refractivity contribution is 0.214. The molecular formula is C19H21ClN4S2. The number of para-hydroxylation sites is 1. The van der Waals surface area contributed by atoms with Gasteiger partial charge in [-0.1, -0.05) is 48.0 Å². The maximum atomic E-state index is 6.05. The van der Waals surface area contributed by atoms with E-state index >= 15 is 0 Å². The molecule has 1 aromatic carbocycles. The lowest BCUT2D eigenvalue weighted by atomic mass is 10.1. The number of rotatable bonds is 6. The van der Waals surface area contributed by atoms with E-state index in [1.807, 2.05) is 12.1 Å². The van der Waals surface area contributed by atoms with E-state index in [9.17, 15) is 0 Å². The molecular weight excluding hydrogens is 384 g/mol. The molecule has 0 unspecified atom stereocenters. The summed E-state index contributed by atoms with van der Waals surface area (Å²) >= 11 is 9.39. The van der Waals surface area contributed by atoms with Crippen molar-refractivity contribution in [2.75, 3.05) is 13.1 Å². The Kier molecular flexibility index (Phi) is 5.94. The zero-order valence-electron chi connectivity index (χ0n) is 14.5. The van der Waals surface area contributed by atoms with Gasteiger partial charge in [0.25, 0.3) is 0 Å². The summed E-state index contributed by atoms with van der Waals surface area (Å²) in [5, 5.41) is 9.97. The molecule has 2 aromatic heterocycles. The third kappa shape index (κ3) is 4.31. The summed E-state index contributed by atoms with van der Waals surface area (Å²) in [6.07, 6.45) is 3.90. The molecule has 1 aliphatic heterocycles. The summed E-state index contributed by atoms with van der Waals surface area (Å²) in [5.41, 5.74) is 1.12. The molecule has 4 rings (SSSR count). The van der Waals surface area contributed by atoms with Gasteiger partial charge >= 0.3 is 0 Å². The van der Waals surface area contributed by atoms with Gasteiger partial charge in [0.2, 0.25) is 0 Å². The van der Waals surface area contributed by atoms with Gasteiger partial charge in [-0.3, -0.25) is 9.47 Å². The minimum atomic E-state index is 0.830. The highest BCUT2D eigenvalue weighted by Gasteiger charge is 2.18. The largest absolute Gasteiger partial charge is 0.296 e. The average Bonchev–Trinajstić information content (AvgIpc) is 3.27. The van der Waals surface area contributed by atoms with Gasteiger partial charge in [0.15, 0.2) is 11.0 Å². The van der Waals surface area contributed by atoms with Crippen LogP contribution in [0.4, 0.5) is 0 Å². The fourth-order valence-electron chi connectivity index (χ4n) is 3.22. The molecule has 26 heavy (non-hydrogen) atoms. The van der Waals surface area contributed by atoms with Gasteiger partial charge in [0, 0.05) is 16.3 Å². The summed E-state index contributed by atoms with van der Waals surface area (Å²) in [5.74, 6) is 1.87. The zero-order chi connectivity index (χ0) is 17.8. The summed E-state index contributed by atoms with van der Waals surface area (Å²) in [6, 6.07) is 14.4. The molecule has 1 saturated heterocycles. The van der Waals surface area contributed by atoms with Crippen molar-refractivity contribution in [3.8, 4) is 5.69 Å². The fraction of sp³-hybridized carbons (Fsp3) is 0.368. The molecule has 7 heteroatoms. The Labute approximate surface area is 167 Å². The second-order valence-electron chi connectivity index (χ2n) is 6.40. The van der Waals surface area contributed by atoms with Crippen molar-refractivity contribution in [2.24, 2.45) is 0 Å². The Balaban J connectivity index is 1.58. The predicted octanol–water partition coefficient (Wildman–Crippen LogP) is 5.26. The van der Waals surface area contributed by atoms with E-state index in [1.165, 1.54) is 24.1 Å². The molecule has 0 amide bonds. The summed E-state index contributed by atoms with van der Waals surface area (Å²) in [6.45, 7) is 3.16. The lowest BCUT2D eigenvalue weighted by Crippen LogP contribution is -2.30. The molecule has 1 aliphatic rings. The number of thioether (sulfide) groups is 1. The summed E-state index contributed by atoms with van der Waals surface area (Å²) in [4.78, 5) is 3.74. The van der Waals surface area contributed by atoms with Crippen LogP contribution in [0.15, 0.2) is 47.6 Å². The van der Waals surface area contributed by atoms with Crippen LogP contribution in [0.2, 0.25) is 4.34 Å². The Hall–Kier alpha value is -1.34. The van der Waals surface area contributed by atoms with E-state index in [-0.39, 0.29) is 0 Å². The number of benzene rings is 1. The minimum absolute atomic E-state index is 0.830. The van der Waals surface area contributed by atoms with Gasteiger partial charge in [-0.05, 0) is 50.2 Å². The van der Waals surface area contributed by atoms with Crippen LogP contribution in [0, 0.1) is 0 Å². The Bertz CT molecular complexity index is 840. The molecule has 3 heterocycles. The predicted molar refractivity (Wildman–Crippen MR) is 109 cm³/mol. The van der Waals surface area contributed by atoms with Crippen LogP contribution in [0.1, 0.15) is 30.0 Å². The first kappa shape index (κ1) is 18.0. The number of piperidine rings is 1. The second kappa shape index (κ2) is 8.57. The van der Waals surface area contributed by atoms with Crippen molar-refractivity contribution in [2.45, 2.75) is 36.7 Å². The molecule has 0 aliphatic carbocycles. The molecule has 1 fully saturated rings. The molecule has 4 nitrogen and oxygen atoms in total. The van der Waals surface area contributed by atoms with Gasteiger partial charge in [-0.25, -0.2) is 0 Å². The second-order valence-corrected chi connectivity index (χ2v) is 9.14. The van der Waals surface area contributed by atoms with Crippen LogP contribution in [0.5, 0.6) is 0 Å². The highest BCUT2D eigenvalue weighted by atomic mass is 35.5. The number of thiophene rings is 1. The topological polar surface area (TPSA) is 34.0 Å². The maximum absolute atomic E-state index is 6.05. The molecule has 0 radical (unpaired) electrons. The van der Waals surface area contributed by atoms with Crippen LogP contribution in [0.25, 0.3) is 5.69 Å². The van der Waals surface area contributed by atoms with Crippen LogP contribution in [-0.2, 0) is 12.3 Å². The summed E-state index contributed by atoms with van der Waals surface area (Å²) < 4.78 is 3.03. The normalized spacial score (nSPS) is 15.4. The van der Waals surface area contributed by atoms with E-state index in [2.05, 4.69) is 50.0 Å². The van der Waals surface area contributed by atoms with Crippen LogP contribution in [0.3, 0.4) is 0 Å². The minimum Gasteiger partial charge on any atom is -0.296 e. The number of hydrogen-bond donors (Lipinski definition) is 0. The Morgan fingerprint density at radius 2 is 1.81 bits per heavy atom. The van der Waals surface area contributed by atoms with Gasteiger partial charge in [-0.2, -0.15) is 0 Å². The standard InChI is InChI=1S/C19H21ClN4S2/c20-17-10-9-16(26-17)14-25-19-22-21-18(13-23-11-5-2-6-12-23)24(19)15-7-3-1-4-8-15/h1,3-4,7-10H,2,5-6,11-14H2. The van der Waals surface area contributed by atoms with Gasteiger partial charge in [0.1, 0.15) is 0 Å². The molecule has 0 spiro atoms.